The number of hydrogen-bond donors (Lipinski definition) is 0. The van der Waals surface area contributed by atoms with Gasteiger partial charge in [-0.05, 0) is 22.2 Å². The molecule has 3 aromatic carbocycles. The Hall–Kier alpha value is -1.51. The molecular weight excluding hydrogens is 271 g/mol. The molecule has 0 N–H and O–H groups in total. The third-order valence-electron chi connectivity index (χ3n) is 3.52. The highest BCUT2D eigenvalue weighted by Crippen LogP contribution is 2.38. The molecule has 0 aliphatic heterocycles. The number of benzene rings is 3. The second-order valence-corrected chi connectivity index (χ2v) is 6.03. The summed E-state index contributed by atoms with van der Waals surface area (Å²) in [5.41, 5.74) is 0.685. The average Bonchev–Trinajstić information content (AvgIpc) is 2.83. The molecule has 0 unspecified atom stereocenters. The van der Waals surface area contributed by atoms with Gasteiger partial charge in [0.1, 0.15) is 7.85 Å². The molecule has 0 saturated carbocycles. The zero-order valence-electron chi connectivity index (χ0n) is 9.98. The number of thiophene rings is 1. The number of halogens is 1. The minimum Gasteiger partial charge on any atom is -0.135 e. The molecule has 0 aliphatic rings. The Morgan fingerprint density at radius 2 is 1.53 bits per heavy atom. The van der Waals surface area contributed by atoms with Crippen LogP contribution in [0.1, 0.15) is 0 Å². The summed E-state index contributed by atoms with van der Waals surface area (Å²) in [6.45, 7) is 0. The van der Waals surface area contributed by atoms with Crippen LogP contribution in [0.25, 0.3) is 30.9 Å². The maximum Gasteiger partial charge on any atom is 0.117 e. The van der Waals surface area contributed by atoms with Gasteiger partial charge in [0.25, 0.3) is 0 Å². The Morgan fingerprint density at radius 3 is 2.42 bits per heavy atom. The van der Waals surface area contributed by atoms with Gasteiger partial charge in [-0.25, -0.2) is 0 Å². The van der Waals surface area contributed by atoms with E-state index in [0.717, 1.165) is 4.70 Å². The van der Waals surface area contributed by atoms with Gasteiger partial charge in [0.2, 0.25) is 0 Å². The highest BCUT2D eigenvalue weighted by atomic mass is 35.5. The van der Waals surface area contributed by atoms with Gasteiger partial charge < -0.3 is 0 Å². The SMILES string of the molecule is [B]c1c(Cl)ccc2c1sc1c3ccccc3ccc21. The first-order valence-electron chi connectivity index (χ1n) is 6.03. The molecule has 1 heterocycles. The van der Waals surface area contributed by atoms with Gasteiger partial charge in [-0.3, -0.25) is 0 Å². The van der Waals surface area contributed by atoms with Crippen molar-refractivity contribution in [2.75, 3.05) is 0 Å². The summed E-state index contributed by atoms with van der Waals surface area (Å²) in [6, 6.07) is 16.7. The third kappa shape index (κ3) is 1.54. The predicted octanol–water partition coefficient (Wildman–Crippen LogP) is 4.65. The van der Waals surface area contributed by atoms with Crippen LogP contribution in [0, 0.1) is 0 Å². The van der Waals surface area contributed by atoms with E-state index in [1.165, 1.54) is 26.2 Å². The summed E-state index contributed by atoms with van der Waals surface area (Å²) in [5.74, 6) is 0. The van der Waals surface area contributed by atoms with E-state index < -0.39 is 0 Å². The zero-order valence-corrected chi connectivity index (χ0v) is 11.6. The lowest BCUT2D eigenvalue weighted by molar-refractivity contribution is 1.82. The number of fused-ring (bicyclic) bond motifs is 5. The normalized spacial score (nSPS) is 11.6. The fraction of sp³-hybridized carbons (Fsp3) is 0. The molecule has 2 radical (unpaired) electrons. The van der Waals surface area contributed by atoms with E-state index in [-0.39, 0.29) is 0 Å². The minimum absolute atomic E-state index is 0.628. The van der Waals surface area contributed by atoms with Crippen LogP contribution in [0.5, 0.6) is 0 Å². The van der Waals surface area contributed by atoms with E-state index in [4.69, 9.17) is 19.4 Å². The van der Waals surface area contributed by atoms with Gasteiger partial charge in [0.05, 0.1) is 0 Å². The molecule has 0 fully saturated rings. The molecule has 0 atom stereocenters. The van der Waals surface area contributed by atoms with Crippen LogP contribution in [0.2, 0.25) is 5.02 Å². The van der Waals surface area contributed by atoms with Crippen molar-refractivity contribution in [1.82, 2.24) is 0 Å². The third-order valence-corrected chi connectivity index (χ3v) is 5.13. The molecule has 19 heavy (non-hydrogen) atoms. The van der Waals surface area contributed by atoms with E-state index in [9.17, 15) is 0 Å². The fourth-order valence-electron chi connectivity index (χ4n) is 2.56. The van der Waals surface area contributed by atoms with Crippen LogP contribution in [0.3, 0.4) is 0 Å². The Morgan fingerprint density at radius 1 is 0.789 bits per heavy atom. The van der Waals surface area contributed by atoms with Gasteiger partial charge in [-0.15, -0.1) is 11.3 Å². The molecule has 3 heteroatoms. The van der Waals surface area contributed by atoms with Crippen molar-refractivity contribution in [3.63, 3.8) is 0 Å². The average molecular weight is 279 g/mol. The molecule has 4 rings (SSSR count). The number of rotatable bonds is 0. The second-order valence-electron chi connectivity index (χ2n) is 4.60. The summed E-state index contributed by atoms with van der Waals surface area (Å²) in [4.78, 5) is 0. The molecule has 0 spiro atoms. The lowest BCUT2D eigenvalue weighted by Crippen LogP contribution is -2.02. The first-order valence-corrected chi connectivity index (χ1v) is 7.23. The highest BCUT2D eigenvalue weighted by molar-refractivity contribution is 7.27. The molecule has 0 amide bonds. The van der Waals surface area contributed by atoms with E-state index in [1.807, 2.05) is 6.07 Å². The van der Waals surface area contributed by atoms with Crippen LogP contribution >= 0.6 is 22.9 Å². The molecule has 0 aliphatic carbocycles. The van der Waals surface area contributed by atoms with E-state index in [2.05, 4.69) is 42.5 Å². The van der Waals surface area contributed by atoms with E-state index >= 15 is 0 Å². The van der Waals surface area contributed by atoms with Gasteiger partial charge >= 0.3 is 0 Å². The summed E-state index contributed by atoms with van der Waals surface area (Å²) in [5, 5.41) is 5.60. The Balaban J connectivity index is 2.30. The van der Waals surface area contributed by atoms with Gasteiger partial charge in [0, 0.05) is 19.8 Å². The lowest BCUT2D eigenvalue weighted by Gasteiger charge is -1.99. The molecule has 88 valence electrons. The van der Waals surface area contributed by atoms with Crippen LogP contribution in [0.4, 0.5) is 0 Å². The van der Waals surface area contributed by atoms with E-state index in [0.29, 0.717) is 10.5 Å². The maximum absolute atomic E-state index is 6.12. The first kappa shape index (κ1) is 11.3. The molecule has 4 aromatic rings. The van der Waals surface area contributed by atoms with Crippen LogP contribution in [0.15, 0.2) is 48.5 Å². The quantitative estimate of drug-likeness (QED) is 0.411. The van der Waals surface area contributed by atoms with Crippen molar-refractivity contribution >= 4 is 67.2 Å². The van der Waals surface area contributed by atoms with E-state index in [1.54, 1.807) is 11.3 Å². The Labute approximate surface area is 121 Å². The molecule has 0 nitrogen and oxygen atoms in total. The van der Waals surface area contributed by atoms with Crippen molar-refractivity contribution < 1.29 is 0 Å². The van der Waals surface area contributed by atoms with Gasteiger partial charge in [0.15, 0.2) is 0 Å². The summed E-state index contributed by atoms with van der Waals surface area (Å²) in [6.07, 6.45) is 0. The Kier molecular flexibility index (Phi) is 2.38. The second kappa shape index (κ2) is 3.99. The predicted molar refractivity (Wildman–Crippen MR) is 87.2 cm³/mol. The number of hydrogen-bond acceptors (Lipinski definition) is 1. The minimum atomic E-state index is 0.628. The monoisotopic (exact) mass is 278 g/mol. The first-order chi connectivity index (χ1) is 9.25. The van der Waals surface area contributed by atoms with Crippen molar-refractivity contribution in [3.05, 3.63) is 53.6 Å². The summed E-state index contributed by atoms with van der Waals surface area (Å²) in [7, 11) is 6.10. The largest absolute Gasteiger partial charge is 0.135 e. The zero-order chi connectivity index (χ0) is 13.0. The molecule has 1 aromatic heterocycles. The topological polar surface area (TPSA) is 0 Å². The van der Waals surface area contributed by atoms with Crippen LogP contribution < -0.4 is 5.46 Å². The van der Waals surface area contributed by atoms with Gasteiger partial charge in [-0.2, -0.15) is 0 Å². The summed E-state index contributed by atoms with van der Waals surface area (Å²) < 4.78 is 2.36. The smallest absolute Gasteiger partial charge is 0.117 e. The van der Waals surface area contributed by atoms with Crippen LogP contribution in [-0.2, 0) is 0 Å². The molecule has 0 bridgehead atoms. The highest BCUT2D eigenvalue weighted by Gasteiger charge is 2.10. The van der Waals surface area contributed by atoms with Crippen molar-refractivity contribution in [2.45, 2.75) is 0 Å². The van der Waals surface area contributed by atoms with Gasteiger partial charge in [-0.1, -0.05) is 59.5 Å². The van der Waals surface area contributed by atoms with Crippen LogP contribution in [-0.4, -0.2) is 7.85 Å². The fourth-order valence-corrected chi connectivity index (χ4v) is 4.07. The molecule has 0 saturated heterocycles. The van der Waals surface area contributed by atoms with Crippen molar-refractivity contribution in [3.8, 4) is 0 Å². The lowest BCUT2D eigenvalue weighted by atomic mass is 9.94. The maximum atomic E-state index is 6.12. The van der Waals surface area contributed by atoms with Crippen molar-refractivity contribution in [2.24, 2.45) is 0 Å². The Bertz CT molecular complexity index is 940. The van der Waals surface area contributed by atoms with Crippen molar-refractivity contribution in [1.29, 1.82) is 0 Å². The molecular formula is C16H8BClS. The standard InChI is InChI=1S/C16H8BClS/c17-14-13(18)8-7-12-11-6-5-9-3-1-2-4-10(9)15(11)19-16(12)14/h1-8H. The summed E-state index contributed by atoms with van der Waals surface area (Å²) >= 11 is 7.84.